The predicted molar refractivity (Wildman–Crippen MR) is 75.3 cm³/mol. The second-order valence-electron chi connectivity index (χ2n) is 4.31. The highest BCUT2D eigenvalue weighted by molar-refractivity contribution is 5.98. The Kier molecular flexibility index (Phi) is 4.76. The molecule has 106 valence electrons. The maximum Gasteiger partial charge on any atom is 0.221 e. The van der Waals surface area contributed by atoms with Gasteiger partial charge in [0, 0.05) is 6.54 Å². The SMILES string of the molecule is CCCn1ncc(OC)c1C(=O)COc1ccccc1. The fourth-order valence-electron chi connectivity index (χ4n) is 1.91. The summed E-state index contributed by atoms with van der Waals surface area (Å²) in [6.45, 7) is 2.68. The van der Waals surface area contributed by atoms with Crippen LogP contribution in [0.4, 0.5) is 0 Å². The highest BCUT2D eigenvalue weighted by atomic mass is 16.5. The second kappa shape index (κ2) is 6.75. The lowest BCUT2D eigenvalue weighted by atomic mass is 10.2. The van der Waals surface area contributed by atoms with E-state index in [0.717, 1.165) is 6.42 Å². The topological polar surface area (TPSA) is 53.4 Å². The zero-order valence-electron chi connectivity index (χ0n) is 11.7. The molecule has 0 radical (unpaired) electrons. The van der Waals surface area contributed by atoms with E-state index in [4.69, 9.17) is 9.47 Å². The number of aryl methyl sites for hydroxylation is 1. The Balaban J connectivity index is 2.10. The third kappa shape index (κ3) is 3.17. The van der Waals surface area contributed by atoms with Gasteiger partial charge in [-0.25, -0.2) is 0 Å². The van der Waals surface area contributed by atoms with Gasteiger partial charge in [0.05, 0.1) is 13.3 Å². The highest BCUT2D eigenvalue weighted by Gasteiger charge is 2.19. The molecule has 0 amide bonds. The summed E-state index contributed by atoms with van der Waals surface area (Å²) in [4.78, 5) is 12.3. The van der Waals surface area contributed by atoms with Crippen molar-refractivity contribution >= 4 is 5.78 Å². The normalized spacial score (nSPS) is 10.3. The molecule has 0 bridgehead atoms. The summed E-state index contributed by atoms with van der Waals surface area (Å²) in [6, 6.07) is 9.25. The molecule has 0 aliphatic rings. The van der Waals surface area contributed by atoms with Crippen LogP contribution in [0.5, 0.6) is 11.5 Å². The van der Waals surface area contributed by atoms with Crippen molar-refractivity contribution < 1.29 is 14.3 Å². The maximum atomic E-state index is 12.3. The minimum absolute atomic E-state index is 0.0320. The van der Waals surface area contributed by atoms with Crippen LogP contribution in [0.3, 0.4) is 0 Å². The molecule has 20 heavy (non-hydrogen) atoms. The predicted octanol–water partition coefficient (Wildman–Crippen LogP) is 2.56. The highest BCUT2D eigenvalue weighted by Crippen LogP contribution is 2.19. The van der Waals surface area contributed by atoms with Crippen molar-refractivity contribution in [1.29, 1.82) is 0 Å². The van der Waals surface area contributed by atoms with Crippen LogP contribution >= 0.6 is 0 Å². The molecule has 2 aromatic rings. The second-order valence-corrected chi connectivity index (χ2v) is 4.31. The average molecular weight is 274 g/mol. The monoisotopic (exact) mass is 274 g/mol. The van der Waals surface area contributed by atoms with Crippen molar-refractivity contribution in [3.05, 3.63) is 42.2 Å². The van der Waals surface area contributed by atoms with Crippen LogP contribution < -0.4 is 9.47 Å². The van der Waals surface area contributed by atoms with E-state index < -0.39 is 0 Å². The van der Waals surface area contributed by atoms with Crippen molar-refractivity contribution in [2.75, 3.05) is 13.7 Å². The van der Waals surface area contributed by atoms with Crippen LogP contribution in [0.25, 0.3) is 0 Å². The first-order chi connectivity index (χ1) is 9.76. The fraction of sp³-hybridized carbons (Fsp3) is 0.333. The van der Waals surface area contributed by atoms with E-state index in [1.807, 2.05) is 37.3 Å². The van der Waals surface area contributed by atoms with E-state index in [9.17, 15) is 4.79 Å². The average Bonchev–Trinajstić information content (AvgIpc) is 2.89. The Labute approximate surface area is 118 Å². The Morgan fingerprint density at radius 2 is 2.05 bits per heavy atom. The Morgan fingerprint density at radius 3 is 2.70 bits per heavy atom. The first-order valence-electron chi connectivity index (χ1n) is 6.57. The van der Waals surface area contributed by atoms with E-state index in [-0.39, 0.29) is 12.4 Å². The third-order valence-electron chi connectivity index (χ3n) is 2.84. The number of benzene rings is 1. The molecular formula is C15H18N2O3. The largest absolute Gasteiger partial charge is 0.493 e. The van der Waals surface area contributed by atoms with Gasteiger partial charge in [-0.1, -0.05) is 25.1 Å². The van der Waals surface area contributed by atoms with Gasteiger partial charge in [-0.2, -0.15) is 5.10 Å². The van der Waals surface area contributed by atoms with Gasteiger partial charge in [0.15, 0.2) is 12.4 Å². The number of ether oxygens (including phenoxy) is 2. The molecule has 0 N–H and O–H groups in total. The molecule has 2 rings (SSSR count). The summed E-state index contributed by atoms with van der Waals surface area (Å²) in [7, 11) is 1.53. The molecule has 0 aliphatic heterocycles. The van der Waals surface area contributed by atoms with Crippen molar-refractivity contribution in [3.63, 3.8) is 0 Å². The van der Waals surface area contributed by atoms with Gasteiger partial charge in [0.1, 0.15) is 11.4 Å². The quantitative estimate of drug-likeness (QED) is 0.728. The molecule has 5 heteroatoms. The molecule has 1 heterocycles. The van der Waals surface area contributed by atoms with Crippen LogP contribution in [0.1, 0.15) is 23.8 Å². The van der Waals surface area contributed by atoms with Gasteiger partial charge in [-0.3, -0.25) is 9.48 Å². The number of carbonyl (C=O) groups excluding carboxylic acids is 1. The van der Waals surface area contributed by atoms with Gasteiger partial charge >= 0.3 is 0 Å². The maximum absolute atomic E-state index is 12.3. The Hall–Kier alpha value is -2.30. The molecule has 0 spiro atoms. The zero-order valence-corrected chi connectivity index (χ0v) is 11.7. The van der Waals surface area contributed by atoms with Crippen molar-refractivity contribution in [3.8, 4) is 11.5 Å². The molecule has 0 saturated heterocycles. The lowest BCUT2D eigenvalue weighted by Crippen LogP contribution is -2.18. The summed E-state index contributed by atoms with van der Waals surface area (Å²) >= 11 is 0. The minimum Gasteiger partial charge on any atom is -0.493 e. The minimum atomic E-state index is -0.142. The smallest absolute Gasteiger partial charge is 0.221 e. The van der Waals surface area contributed by atoms with E-state index >= 15 is 0 Å². The Bertz CT molecular complexity index is 564. The molecule has 1 aromatic heterocycles. The molecule has 1 aromatic carbocycles. The van der Waals surface area contributed by atoms with Crippen LogP contribution in [-0.4, -0.2) is 29.3 Å². The van der Waals surface area contributed by atoms with E-state index in [1.54, 1.807) is 10.9 Å². The molecule has 0 unspecified atom stereocenters. The molecule has 0 aliphatic carbocycles. The summed E-state index contributed by atoms with van der Waals surface area (Å²) in [6.07, 6.45) is 2.45. The number of methoxy groups -OCH3 is 1. The lowest BCUT2D eigenvalue weighted by molar-refractivity contribution is 0.0907. The fourth-order valence-corrected chi connectivity index (χ4v) is 1.91. The van der Waals surface area contributed by atoms with Crippen LogP contribution in [-0.2, 0) is 6.54 Å². The lowest BCUT2D eigenvalue weighted by Gasteiger charge is -2.08. The molecule has 5 nitrogen and oxygen atoms in total. The van der Waals surface area contributed by atoms with Crippen molar-refractivity contribution in [2.45, 2.75) is 19.9 Å². The summed E-state index contributed by atoms with van der Waals surface area (Å²) in [5.41, 5.74) is 0.463. The van der Waals surface area contributed by atoms with Gasteiger partial charge in [-0.15, -0.1) is 0 Å². The Morgan fingerprint density at radius 1 is 1.30 bits per heavy atom. The van der Waals surface area contributed by atoms with Crippen molar-refractivity contribution in [2.24, 2.45) is 0 Å². The zero-order chi connectivity index (χ0) is 14.4. The number of hydrogen-bond acceptors (Lipinski definition) is 4. The van der Waals surface area contributed by atoms with E-state index in [1.165, 1.54) is 7.11 Å². The first-order valence-corrected chi connectivity index (χ1v) is 6.57. The number of carbonyl (C=O) groups is 1. The number of ketones is 1. The standard InChI is InChI=1S/C15H18N2O3/c1-3-9-17-15(14(19-2)10-16-17)13(18)11-20-12-7-5-4-6-8-12/h4-8,10H,3,9,11H2,1-2H3. The van der Waals surface area contributed by atoms with Crippen LogP contribution in [0, 0.1) is 0 Å². The van der Waals surface area contributed by atoms with Crippen LogP contribution in [0.2, 0.25) is 0 Å². The molecule has 0 atom stereocenters. The number of para-hydroxylation sites is 1. The molecule has 0 fully saturated rings. The number of hydrogen-bond donors (Lipinski definition) is 0. The first kappa shape index (κ1) is 14.1. The molecular weight excluding hydrogens is 256 g/mol. The van der Waals surface area contributed by atoms with Crippen LogP contribution in [0.15, 0.2) is 36.5 Å². The summed E-state index contributed by atoms with van der Waals surface area (Å²) in [5.74, 6) is 1.01. The number of aromatic nitrogens is 2. The van der Waals surface area contributed by atoms with Gasteiger partial charge < -0.3 is 9.47 Å². The summed E-state index contributed by atoms with van der Waals surface area (Å²) < 4.78 is 12.3. The van der Waals surface area contributed by atoms with Crippen molar-refractivity contribution in [1.82, 2.24) is 9.78 Å². The molecule has 0 saturated carbocycles. The van der Waals surface area contributed by atoms with Gasteiger partial charge in [0.25, 0.3) is 0 Å². The van der Waals surface area contributed by atoms with Gasteiger partial charge in [-0.05, 0) is 18.6 Å². The number of rotatable bonds is 7. The van der Waals surface area contributed by atoms with Gasteiger partial charge in [0.2, 0.25) is 5.78 Å². The van der Waals surface area contributed by atoms with E-state index in [2.05, 4.69) is 5.10 Å². The third-order valence-corrected chi connectivity index (χ3v) is 2.84. The van der Waals surface area contributed by atoms with E-state index in [0.29, 0.717) is 23.7 Å². The number of Topliss-reactive ketones (excluding diaryl/α,β-unsaturated/α-hetero) is 1. The summed E-state index contributed by atoms with van der Waals surface area (Å²) in [5, 5.41) is 4.17. The number of nitrogens with zero attached hydrogens (tertiary/aromatic N) is 2.